The quantitative estimate of drug-likeness (QED) is 0.878. The van der Waals surface area contributed by atoms with Gasteiger partial charge in [0.05, 0.1) is 13.2 Å². The smallest absolute Gasteiger partial charge is 0.258 e. The molecule has 4 nitrogen and oxygen atoms in total. The van der Waals surface area contributed by atoms with E-state index in [2.05, 4.69) is 5.32 Å². The number of halogens is 1. The van der Waals surface area contributed by atoms with E-state index in [1.807, 2.05) is 32.0 Å². The van der Waals surface area contributed by atoms with Gasteiger partial charge in [-0.25, -0.2) is 4.39 Å². The molecule has 2 aromatic rings. The summed E-state index contributed by atoms with van der Waals surface area (Å²) in [6.45, 7) is 5.57. The monoisotopic (exact) mass is 331 g/mol. The van der Waals surface area contributed by atoms with E-state index in [0.29, 0.717) is 5.56 Å². The largest absolute Gasteiger partial charge is 0.494 e. The second kappa shape index (κ2) is 7.81. The van der Waals surface area contributed by atoms with Gasteiger partial charge in [0.25, 0.3) is 5.91 Å². The van der Waals surface area contributed by atoms with Gasteiger partial charge < -0.3 is 14.8 Å². The van der Waals surface area contributed by atoms with Gasteiger partial charge in [0.2, 0.25) is 0 Å². The van der Waals surface area contributed by atoms with Crippen molar-refractivity contribution in [2.24, 2.45) is 0 Å². The summed E-state index contributed by atoms with van der Waals surface area (Å²) < 4.78 is 24.3. The number of hydrogen-bond acceptors (Lipinski definition) is 3. The number of rotatable bonds is 6. The maximum Gasteiger partial charge on any atom is 0.258 e. The molecule has 0 fully saturated rings. The van der Waals surface area contributed by atoms with Crippen LogP contribution in [0, 0.1) is 19.7 Å². The van der Waals surface area contributed by atoms with Crippen molar-refractivity contribution in [3.8, 4) is 11.5 Å². The van der Waals surface area contributed by atoms with Crippen LogP contribution in [0.1, 0.15) is 29.7 Å². The highest BCUT2D eigenvalue weighted by Gasteiger charge is 2.13. The van der Waals surface area contributed by atoms with Crippen molar-refractivity contribution in [2.75, 3.05) is 13.7 Å². The lowest BCUT2D eigenvalue weighted by atomic mass is 10.1. The average Bonchev–Trinajstić information content (AvgIpc) is 2.54. The molecule has 2 rings (SSSR count). The van der Waals surface area contributed by atoms with Crippen molar-refractivity contribution in [1.29, 1.82) is 0 Å². The number of amides is 1. The Bertz CT molecular complexity index is 710. The van der Waals surface area contributed by atoms with Crippen LogP contribution in [-0.4, -0.2) is 19.6 Å². The van der Waals surface area contributed by atoms with Crippen molar-refractivity contribution >= 4 is 5.91 Å². The first-order valence-corrected chi connectivity index (χ1v) is 7.74. The van der Waals surface area contributed by atoms with Crippen LogP contribution < -0.4 is 14.8 Å². The first-order chi connectivity index (χ1) is 11.4. The predicted octanol–water partition coefficient (Wildman–Crippen LogP) is 3.71. The molecule has 0 bridgehead atoms. The number of ether oxygens (including phenoxy) is 2. The summed E-state index contributed by atoms with van der Waals surface area (Å²) in [5, 5.41) is 2.80. The highest BCUT2D eigenvalue weighted by atomic mass is 19.1. The van der Waals surface area contributed by atoms with E-state index < -0.39 is 5.82 Å². The number of benzene rings is 2. The van der Waals surface area contributed by atoms with E-state index in [4.69, 9.17) is 9.47 Å². The molecule has 0 radical (unpaired) electrons. The van der Waals surface area contributed by atoms with Gasteiger partial charge in [-0.15, -0.1) is 0 Å². The van der Waals surface area contributed by atoms with Crippen molar-refractivity contribution in [3.63, 3.8) is 0 Å². The van der Waals surface area contributed by atoms with E-state index in [9.17, 15) is 9.18 Å². The lowest BCUT2D eigenvalue weighted by Crippen LogP contribution is -2.31. The summed E-state index contributed by atoms with van der Waals surface area (Å²) >= 11 is 0. The Kier molecular flexibility index (Phi) is 5.79. The first kappa shape index (κ1) is 17.8. The van der Waals surface area contributed by atoms with Gasteiger partial charge in [0.15, 0.2) is 18.2 Å². The second-order valence-electron chi connectivity index (χ2n) is 5.69. The fourth-order valence-electron chi connectivity index (χ4n) is 2.48. The molecule has 0 aliphatic carbocycles. The Morgan fingerprint density at radius 2 is 1.88 bits per heavy atom. The number of para-hydroxylation sites is 1. The Balaban J connectivity index is 1.95. The lowest BCUT2D eigenvalue weighted by Gasteiger charge is -2.16. The minimum Gasteiger partial charge on any atom is -0.494 e. The zero-order chi connectivity index (χ0) is 17.7. The van der Waals surface area contributed by atoms with Crippen LogP contribution in [0.4, 0.5) is 4.39 Å². The molecule has 0 aromatic heterocycles. The Morgan fingerprint density at radius 3 is 2.46 bits per heavy atom. The Labute approximate surface area is 141 Å². The number of nitrogens with one attached hydrogen (secondary N) is 1. The van der Waals surface area contributed by atoms with Crippen LogP contribution in [0.3, 0.4) is 0 Å². The fraction of sp³-hybridized carbons (Fsp3) is 0.316. The predicted molar refractivity (Wildman–Crippen MR) is 90.9 cm³/mol. The molecule has 2 aromatic carbocycles. The van der Waals surface area contributed by atoms with Gasteiger partial charge in [-0.05, 0) is 49.6 Å². The molecule has 0 saturated heterocycles. The molecular formula is C19H22FNO3. The van der Waals surface area contributed by atoms with Crippen molar-refractivity contribution in [1.82, 2.24) is 5.32 Å². The summed E-state index contributed by atoms with van der Waals surface area (Å²) in [7, 11) is 1.41. The van der Waals surface area contributed by atoms with Gasteiger partial charge in [-0.1, -0.05) is 24.3 Å². The van der Waals surface area contributed by atoms with Crippen LogP contribution in [0.15, 0.2) is 36.4 Å². The zero-order valence-electron chi connectivity index (χ0n) is 14.4. The summed E-state index contributed by atoms with van der Waals surface area (Å²) in [6.07, 6.45) is 0. The van der Waals surface area contributed by atoms with E-state index in [0.717, 1.165) is 16.9 Å². The average molecular weight is 331 g/mol. The normalized spacial score (nSPS) is 11.7. The van der Waals surface area contributed by atoms with Gasteiger partial charge in [-0.2, -0.15) is 0 Å². The van der Waals surface area contributed by atoms with Crippen LogP contribution in [0.25, 0.3) is 0 Å². The highest BCUT2D eigenvalue weighted by molar-refractivity contribution is 5.78. The van der Waals surface area contributed by atoms with Gasteiger partial charge in [0.1, 0.15) is 5.75 Å². The molecule has 0 saturated carbocycles. The van der Waals surface area contributed by atoms with Gasteiger partial charge in [0, 0.05) is 0 Å². The Hall–Kier alpha value is -2.56. The zero-order valence-corrected chi connectivity index (χ0v) is 14.4. The van der Waals surface area contributed by atoms with Crippen LogP contribution in [0.5, 0.6) is 11.5 Å². The summed E-state index contributed by atoms with van der Waals surface area (Å²) in [6, 6.07) is 10.1. The molecule has 0 unspecified atom stereocenters. The number of aryl methyl sites for hydroxylation is 2. The summed E-state index contributed by atoms with van der Waals surface area (Å²) in [4.78, 5) is 12.1. The number of carbonyl (C=O) groups is 1. The molecule has 1 amide bonds. The minimum atomic E-state index is -0.456. The lowest BCUT2D eigenvalue weighted by molar-refractivity contribution is -0.123. The highest BCUT2D eigenvalue weighted by Crippen LogP contribution is 2.23. The second-order valence-corrected chi connectivity index (χ2v) is 5.69. The minimum absolute atomic E-state index is 0.0886. The van der Waals surface area contributed by atoms with E-state index in [1.54, 1.807) is 19.1 Å². The third kappa shape index (κ3) is 4.25. The maximum atomic E-state index is 13.7. The molecule has 5 heteroatoms. The van der Waals surface area contributed by atoms with E-state index in [1.165, 1.54) is 13.2 Å². The molecule has 0 aliphatic rings. The molecule has 24 heavy (non-hydrogen) atoms. The van der Waals surface area contributed by atoms with Crippen molar-refractivity contribution in [3.05, 3.63) is 58.9 Å². The standard InChI is InChI=1S/C19H22FNO3/c1-12-6-5-7-13(2)19(12)24-11-18(22)21-14(3)15-8-9-17(23-4)16(20)10-15/h5-10,14H,11H2,1-4H3,(H,21,22)/t14-/m0/s1. The third-order valence-corrected chi connectivity index (χ3v) is 3.81. The summed E-state index contributed by atoms with van der Waals surface area (Å²) in [5.74, 6) is 0.177. The Morgan fingerprint density at radius 1 is 1.21 bits per heavy atom. The third-order valence-electron chi connectivity index (χ3n) is 3.81. The molecule has 128 valence electrons. The van der Waals surface area contributed by atoms with Crippen LogP contribution >= 0.6 is 0 Å². The van der Waals surface area contributed by atoms with Gasteiger partial charge >= 0.3 is 0 Å². The van der Waals surface area contributed by atoms with Crippen LogP contribution in [-0.2, 0) is 4.79 Å². The number of carbonyl (C=O) groups excluding carboxylic acids is 1. The van der Waals surface area contributed by atoms with E-state index >= 15 is 0 Å². The number of methoxy groups -OCH3 is 1. The fourth-order valence-corrected chi connectivity index (χ4v) is 2.48. The van der Waals surface area contributed by atoms with Crippen molar-refractivity contribution < 1.29 is 18.7 Å². The summed E-state index contributed by atoms with van der Waals surface area (Å²) in [5.41, 5.74) is 2.62. The SMILES string of the molecule is COc1ccc([C@H](C)NC(=O)COc2c(C)cccc2C)cc1F. The molecule has 1 atom stereocenters. The van der Waals surface area contributed by atoms with Crippen LogP contribution in [0.2, 0.25) is 0 Å². The molecule has 0 spiro atoms. The topological polar surface area (TPSA) is 47.6 Å². The maximum absolute atomic E-state index is 13.7. The van der Waals surface area contributed by atoms with E-state index in [-0.39, 0.29) is 24.3 Å². The molecular weight excluding hydrogens is 309 g/mol. The van der Waals surface area contributed by atoms with Gasteiger partial charge in [-0.3, -0.25) is 4.79 Å². The molecule has 1 N–H and O–H groups in total. The molecule has 0 heterocycles. The molecule has 0 aliphatic heterocycles. The van der Waals surface area contributed by atoms with Crippen molar-refractivity contribution in [2.45, 2.75) is 26.8 Å². The first-order valence-electron chi connectivity index (χ1n) is 7.74. The number of hydrogen-bond donors (Lipinski definition) is 1.